The van der Waals surface area contributed by atoms with Crippen LogP contribution in [0.4, 0.5) is 5.82 Å². The molecule has 1 aromatic heterocycles. The molecule has 0 saturated carbocycles. The summed E-state index contributed by atoms with van der Waals surface area (Å²) in [5, 5.41) is 29.1. The van der Waals surface area contributed by atoms with Crippen LogP contribution in [-0.4, -0.2) is 22.4 Å². The number of halogens is 2. The van der Waals surface area contributed by atoms with E-state index in [0.29, 0.717) is 22.9 Å². The zero-order valence-corrected chi connectivity index (χ0v) is 14.5. The monoisotopic (exact) mass is 379 g/mol. The van der Waals surface area contributed by atoms with Gasteiger partial charge in [-0.1, -0.05) is 23.2 Å². The maximum absolute atomic E-state index is 9.71. The molecule has 1 heterocycles. The van der Waals surface area contributed by atoms with Gasteiger partial charge in [0.05, 0.1) is 15.6 Å². The van der Waals surface area contributed by atoms with Crippen LogP contribution in [0.5, 0.6) is 5.75 Å². The molecule has 5 N–H and O–H groups in total. The van der Waals surface area contributed by atoms with Gasteiger partial charge in [0.2, 0.25) is 0 Å². The number of phenolic OH excluding ortho intramolecular Hbond substituents is 1. The molecule has 24 heavy (non-hydrogen) atoms. The van der Waals surface area contributed by atoms with Crippen molar-refractivity contribution in [2.24, 2.45) is 5.73 Å². The van der Waals surface area contributed by atoms with Crippen molar-refractivity contribution in [1.82, 2.24) is 4.98 Å². The molecular weight excluding hydrogens is 369 g/mol. The predicted octanol–water partition coefficient (Wildman–Crippen LogP) is 3.14. The van der Waals surface area contributed by atoms with Gasteiger partial charge < -0.3 is 16.6 Å². The van der Waals surface area contributed by atoms with Gasteiger partial charge in [0, 0.05) is 17.9 Å². The van der Waals surface area contributed by atoms with Crippen LogP contribution >= 0.6 is 35.0 Å². The van der Waals surface area contributed by atoms with Crippen LogP contribution in [0.1, 0.15) is 11.1 Å². The van der Waals surface area contributed by atoms with Gasteiger partial charge in [-0.3, -0.25) is 0 Å². The van der Waals surface area contributed by atoms with Gasteiger partial charge in [0.15, 0.2) is 5.75 Å². The zero-order chi connectivity index (χ0) is 17.9. The molecular formula is C15H11Cl2N5OS. The Bertz CT molecular complexity index is 866. The summed E-state index contributed by atoms with van der Waals surface area (Å²) < 4.78 is 0. The Kier molecular flexibility index (Phi) is 5.76. The Morgan fingerprint density at radius 3 is 2.25 bits per heavy atom. The van der Waals surface area contributed by atoms with Crippen molar-refractivity contribution >= 4 is 40.8 Å². The number of benzene rings is 1. The number of nitrogens with zero attached hydrogens (tertiary/aromatic N) is 3. The standard InChI is InChI=1S/C15H11Cl2N5OS/c16-10-3-7(4-11(17)13(10)23)12-8(5-19)14(21)22-15(9(12)6-20)24-2-1-18/h3-4,23H,1-2,18H2,(H2,21,22). The molecule has 2 rings (SSSR count). The largest absolute Gasteiger partial charge is 0.505 e. The summed E-state index contributed by atoms with van der Waals surface area (Å²) in [6.45, 7) is 0.392. The molecule has 122 valence electrons. The molecule has 6 nitrogen and oxygen atoms in total. The third-order valence-corrected chi connectivity index (χ3v) is 4.66. The van der Waals surface area contributed by atoms with Gasteiger partial charge >= 0.3 is 0 Å². The third-order valence-electron chi connectivity index (χ3n) is 3.08. The number of thioether (sulfide) groups is 1. The maximum atomic E-state index is 9.71. The number of phenols is 1. The molecule has 0 aliphatic heterocycles. The third kappa shape index (κ3) is 3.35. The van der Waals surface area contributed by atoms with E-state index < -0.39 is 0 Å². The first-order valence-corrected chi connectivity index (χ1v) is 8.33. The number of aromatic hydroxyl groups is 1. The summed E-state index contributed by atoms with van der Waals surface area (Å²) in [5.74, 6) is 0.244. The summed E-state index contributed by atoms with van der Waals surface area (Å²) in [6.07, 6.45) is 0. The minimum absolute atomic E-state index is 0.00294. The lowest BCUT2D eigenvalue weighted by Crippen LogP contribution is -2.06. The SMILES string of the molecule is N#Cc1c(N)nc(SCCN)c(C#N)c1-c1cc(Cl)c(O)c(Cl)c1. The lowest BCUT2D eigenvalue weighted by molar-refractivity contribution is 0.476. The van der Waals surface area contributed by atoms with Crippen LogP contribution in [0.25, 0.3) is 11.1 Å². The summed E-state index contributed by atoms with van der Waals surface area (Å²) in [4.78, 5) is 4.13. The van der Waals surface area contributed by atoms with Gasteiger partial charge in [0.25, 0.3) is 0 Å². The van der Waals surface area contributed by atoms with E-state index >= 15 is 0 Å². The number of hydrogen-bond acceptors (Lipinski definition) is 7. The maximum Gasteiger partial charge on any atom is 0.152 e. The predicted molar refractivity (Wildman–Crippen MR) is 95.0 cm³/mol. The van der Waals surface area contributed by atoms with E-state index in [1.165, 1.54) is 23.9 Å². The topological polar surface area (TPSA) is 133 Å². The van der Waals surface area contributed by atoms with E-state index in [0.717, 1.165) is 0 Å². The molecule has 9 heteroatoms. The molecule has 0 unspecified atom stereocenters. The summed E-state index contributed by atoms with van der Waals surface area (Å²) in [7, 11) is 0. The fourth-order valence-corrected chi connectivity index (χ4v) is 3.31. The van der Waals surface area contributed by atoms with E-state index in [2.05, 4.69) is 4.98 Å². The molecule has 1 aromatic carbocycles. The summed E-state index contributed by atoms with van der Waals surface area (Å²) >= 11 is 13.2. The number of hydrogen-bond donors (Lipinski definition) is 3. The zero-order valence-electron chi connectivity index (χ0n) is 12.2. The minimum Gasteiger partial charge on any atom is -0.505 e. The van der Waals surface area contributed by atoms with E-state index in [4.69, 9.17) is 34.7 Å². The van der Waals surface area contributed by atoms with Crippen molar-refractivity contribution in [3.05, 3.63) is 33.3 Å². The Labute approximate surface area is 152 Å². The van der Waals surface area contributed by atoms with Crippen LogP contribution in [0.3, 0.4) is 0 Å². The number of pyridine rings is 1. The Balaban J connectivity index is 2.83. The summed E-state index contributed by atoms with van der Waals surface area (Å²) in [6, 6.07) is 6.83. The van der Waals surface area contributed by atoms with Crippen molar-refractivity contribution in [2.45, 2.75) is 5.03 Å². The lowest BCUT2D eigenvalue weighted by Gasteiger charge is -2.14. The van der Waals surface area contributed by atoms with Gasteiger partial charge in [0.1, 0.15) is 28.5 Å². The normalized spacial score (nSPS) is 10.2. The number of nitriles is 2. The van der Waals surface area contributed by atoms with Crippen LogP contribution in [0.15, 0.2) is 17.2 Å². The number of nitrogen functional groups attached to an aromatic ring is 1. The van der Waals surface area contributed by atoms with Crippen molar-refractivity contribution in [2.75, 3.05) is 18.0 Å². The highest BCUT2D eigenvalue weighted by Gasteiger charge is 2.22. The van der Waals surface area contributed by atoms with Crippen molar-refractivity contribution in [3.8, 4) is 29.0 Å². The Morgan fingerprint density at radius 2 is 1.75 bits per heavy atom. The second-order valence-electron chi connectivity index (χ2n) is 4.58. The van der Waals surface area contributed by atoms with E-state index in [-0.39, 0.29) is 38.3 Å². The quantitative estimate of drug-likeness (QED) is 0.694. The van der Waals surface area contributed by atoms with Crippen LogP contribution in [-0.2, 0) is 0 Å². The molecule has 0 aliphatic carbocycles. The van der Waals surface area contributed by atoms with Gasteiger partial charge in [-0.25, -0.2) is 4.98 Å². The van der Waals surface area contributed by atoms with Gasteiger partial charge in [-0.05, 0) is 17.7 Å². The second kappa shape index (κ2) is 7.61. The molecule has 0 aliphatic rings. The second-order valence-corrected chi connectivity index (χ2v) is 6.47. The van der Waals surface area contributed by atoms with E-state index in [1.807, 2.05) is 12.1 Å². The molecule has 2 aromatic rings. The highest BCUT2D eigenvalue weighted by molar-refractivity contribution is 7.99. The molecule has 0 fully saturated rings. The Morgan fingerprint density at radius 1 is 1.17 bits per heavy atom. The lowest BCUT2D eigenvalue weighted by atomic mass is 9.97. The van der Waals surface area contributed by atoms with Crippen LogP contribution in [0, 0.1) is 22.7 Å². The van der Waals surface area contributed by atoms with Crippen molar-refractivity contribution < 1.29 is 5.11 Å². The van der Waals surface area contributed by atoms with Crippen molar-refractivity contribution in [1.29, 1.82) is 10.5 Å². The summed E-state index contributed by atoms with van der Waals surface area (Å²) in [5.41, 5.74) is 12.2. The van der Waals surface area contributed by atoms with Crippen LogP contribution in [0.2, 0.25) is 10.0 Å². The molecule has 0 saturated heterocycles. The molecule has 0 amide bonds. The Hall–Kier alpha value is -2.16. The number of anilines is 1. The van der Waals surface area contributed by atoms with Crippen molar-refractivity contribution in [3.63, 3.8) is 0 Å². The van der Waals surface area contributed by atoms with E-state index in [1.54, 1.807) is 0 Å². The average Bonchev–Trinajstić information content (AvgIpc) is 2.56. The highest BCUT2D eigenvalue weighted by atomic mass is 35.5. The average molecular weight is 380 g/mol. The highest BCUT2D eigenvalue weighted by Crippen LogP contribution is 2.41. The van der Waals surface area contributed by atoms with Crippen LogP contribution < -0.4 is 11.5 Å². The fourth-order valence-electron chi connectivity index (χ4n) is 2.06. The van der Waals surface area contributed by atoms with E-state index in [9.17, 15) is 15.6 Å². The molecule has 0 radical (unpaired) electrons. The smallest absolute Gasteiger partial charge is 0.152 e. The van der Waals surface area contributed by atoms with Gasteiger partial charge in [-0.2, -0.15) is 10.5 Å². The minimum atomic E-state index is -0.279. The van der Waals surface area contributed by atoms with Gasteiger partial charge in [-0.15, -0.1) is 11.8 Å². The first-order valence-electron chi connectivity index (χ1n) is 6.59. The fraction of sp³-hybridized carbons (Fsp3) is 0.133. The molecule has 0 atom stereocenters. The molecule has 0 spiro atoms. The number of rotatable bonds is 4. The number of aromatic nitrogens is 1. The first kappa shape index (κ1) is 18.2. The number of nitrogens with two attached hydrogens (primary N) is 2. The first-order chi connectivity index (χ1) is 11.4. The molecule has 0 bridgehead atoms.